The van der Waals surface area contributed by atoms with E-state index >= 15 is 0 Å². The molecule has 0 aliphatic carbocycles. The van der Waals surface area contributed by atoms with Crippen LogP contribution in [0, 0.1) is 11.8 Å². The maximum atomic E-state index is 3.75. The summed E-state index contributed by atoms with van der Waals surface area (Å²) in [6.07, 6.45) is 4.49. The van der Waals surface area contributed by atoms with Gasteiger partial charge in [0.05, 0.1) is 0 Å². The lowest BCUT2D eigenvalue weighted by atomic mass is 10.0. The summed E-state index contributed by atoms with van der Waals surface area (Å²) in [4.78, 5) is 2.62. The van der Waals surface area contributed by atoms with Crippen LogP contribution in [0.1, 0.15) is 12.8 Å². The molecule has 0 saturated carbocycles. The standard InChI is InChI=1S/C11H20N2/c1-2-3-4-5-13-8-10-6-12-7-11(10)9-13/h2,10-12H,1,3-9H2/t10-,11+. The fraction of sp³-hybridized carbons (Fsp3) is 0.818. The summed E-state index contributed by atoms with van der Waals surface area (Å²) in [6.45, 7) is 10.2. The van der Waals surface area contributed by atoms with Crippen LogP contribution in [0.3, 0.4) is 0 Å². The Bertz CT molecular complexity index is 167. The van der Waals surface area contributed by atoms with E-state index in [0.717, 1.165) is 11.8 Å². The molecule has 2 nitrogen and oxygen atoms in total. The summed E-state index contributed by atoms with van der Waals surface area (Å²) >= 11 is 0. The highest BCUT2D eigenvalue weighted by Gasteiger charge is 2.35. The van der Waals surface area contributed by atoms with Gasteiger partial charge in [0.15, 0.2) is 0 Å². The maximum Gasteiger partial charge on any atom is 0.00255 e. The van der Waals surface area contributed by atoms with Crippen molar-refractivity contribution in [1.82, 2.24) is 10.2 Å². The minimum Gasteiger partial charge on any atom is -0.316 e. The van der Waals surface area contributed by atoms with Crippen LogP contribution in [0.5, 0.6) is 0 Å². The summed E-state index contributed by atoms with van der Waals surface area (Å²) in [6, 6.07) is 0. The van der Waals surface area contributed by atoms with E-state index in [9.17, 15) is 0 Å². The highest BCUT2D eigenvalue weighted by molar-refractivity contribution is 4.91. The highest BCUT2D eigenvalue weighted by Crippen LogP contribution is 2.26. The molecule has 0 amide bonds. The third-order valence-corrected chi connectivity index (χ3v) is 3.35. The van der Waals surface area contributed by atoms with E-state index in [-0.39, 0.29) is 0 Å². The number of allylic oxidation sites excluding steroid dienone is 1. The molecule has 0 radical (unpaired) electrons. The van der Waals surface area contributed by atoms with Crippen LogP contribution >= 0.6 is 0 Å². The first kappa shape index (κ1) is 9.22. The van der Waals surface area contributed by atoms with E-state index in [4.69, 9.17) is 0 Å². The Balaban J connectivity index is 1.69. The molecule has 2 rings (SSSR count). The predicted octanol–water partition coefficient (Wildman–Crippen LogP) is 1.10. The Morgan fingerprint density at radius 1 is 1.31 bits per heavy atom. The van der Waals surface area contributed by atoms with Gasteiger partial charge >= 0.3 is 0 Å². The van der Waals surface area contributed by atoms with Gasteiger partial charge in [-0.3, -0.25) is 0 Å². The minimum absolute atomic E-state index is 0.948. The molecular formula is C11H20N2. The lowest BCUT2D eigenvalue weighted by Crippen LogP contribution is -2.26. The molecule has 1 N–H and O–H groups in total. The summed E-state index contributed by atoms with van der Waals surface area (Å²) < 4.78 is 0. The van der Waals surface area contributed by atoms with Gasteiger partial charge < -0.3 is 10.2 Å². The monoisotopic (exact) mass is 180 g/mol. The van der Waals surface area contributed by atoms with Crippen LogP contribution in [0.25, 0.3) is 0 Å². The maximum absolute atomic E-state index is 3.75. The van der Waals surface area contributed by atoms with E-state index in [1.807, 2.05) is 6.08 Å². The van der Waals surface area contributed by atoms with Gasteiger partial charge in [-0.2, -0.15) is 0 Å². The largest absolute Gasteiger partial charge is 0.316 e. The first-order valence-corrected chi connectivity index (χ1v) is 5.44. The van der Waals surface area contributed by atoms with Crippen LogP contribution in [0.15, 0.2) is 12.7 Å². The van der Waals surface area contributed by atoms with Crippen LogP contribution in [-0.2, 0) is 0 Å². The fourth-order valence-corrected chi connectivity index (χ4v) is 2.59. The van der Waals surface area contributed by atoms with Gasteiger partial charge in [0.1, 0.15) is 0 Å². The highest BCUT2D eigenvalue weighted by atomic mass is 15.2. The van der Waals surface area contributed by atoms with Crippen molar-refractivity contribution in [3.63, 3.8) is 0 Å². The molecule has 2 heterocycles. The van der Waals surface area contributed by atoms with Crippen molar-refractivity contribution >= 4 is 0 Å². The summed E-state index contributed by atoms with van der Waals surface area (Å²) in [5.74, 6) is 1.90. The van der Waals surface area contributed by atoms with Gasteiger partial charge in [0, 0.05) is 13.1 Å². The second kappa shape index (κ2) is 4.25. The number of rotatable bonds is 4. The van der Waals surface area contributed by atoms with Crippen LogP contribution in [0.2, 0.25) is 0 Å². The quantitative estimate of drug-likeness (QED) is 0.515. The molecule has 0 spiro atoms. The molecule has 2 heteroatoms. The molecule has 2 fully saturated rings. The van der Waals surface area contributed by atoms with Gasteiger partial charge in [0.2, 0.25) is 0 Å². The van der Waals surface area contributed by atoms with Crippen molar-refractivity contribution in [2.45, 2.75) is 12.8 Å². The first-order chi connectivity index (χ1) is 6.40. The molecule has 74 valence electrons. The average molecular weight is 180 g/mol. The smallest absolute Gasteiger partial charge is 0.00255 e. The van der Waals surface area contributed by atoms with Crippen LogP contribution in [-0.4, -0.2) is 37.6 Å². The molecule has 0 aromatic carbocycles. The summed E-state index contributed by atoms with van der Waals surface area (Å²) in [5, 5.41) is 3.47. The Hall–Kier alpha value is -0.340. The zero-order chi connectivity index (χ0) is 9.10. The SMILES string of the molecule is C=CCCCN1C[C@H]2CNC[C@H]2C1. The molecule has 0 aromatic rings. The van der Waals surface area contributed by atoms with E-state index < -0.39 is 0 Å². The third-order valence-electron chi connectivity index (χ3n) is 3.35. The van der Waals surface area contributed by atoms with Crippen molar-refractivity contribution in [3.05, 3.63) is 12.7 Å². The number of fused-ring (bicyclic) bond motifs is 1. The Morgan fingerprint density at radius 2 is 2.00 bits per heavy atom. The Morgan fingerprint density at radius 3 is 2.62 bits per heavy atom. The summed E-state index contributed by atoms with van der Waals surface area (Å²) in [7, 11) is 0. The second-order valence-corrected chi connectivity index (χ2v) is 4.37. The van der Waals surface area contributed by atoms with Crippen molar-refractivity contribution in [2.75, 3.05) is 32.7 Å². The Kier molecular flexibility index (Phi) is 3.01. The predicted molar refractivity (Wildman–Crippen MR) is 55.7 cm³/mol. The van der Waals surface area contributed by atoms with Gasteiger partial charge in [0.25, 0.3) is 0 Å². The minimum atomic E-state index is 0.948. The zero-order valence-electron chi connectivity index (χ0n) is 8.34. The molecule has 0 aromatic heterocycles. The lowest BCUT2D eigenvalue weighted by molar-refractivity contribution is 0.310. The number of nitrogens with one attached hydrogen (secondary N) is 1. The van der Waals surface area contributed by atoms with Gasteiger partial charge in [-0.05, 0) is 44.3 Å². The molecule has 0 unspecified atom stereocenters. The lowest BCUT2D eigenvalue weighted by Gasteiger charge is -2.15. The number of likely N-dealkylation sites (tertiary alicyclic amines) is 1. The van der Waals surface area contributed by atoms with Crippen LogP contribution < -0.4 is 5.32 Å². The topological polar surface area (TPSA) is 15.3 Å². The molecule has 13 heavy (non-hydrogen) atoms. The second-order valence-electron chi connectivity index (χ2n) is 4.37. The van der Waals surface area contributed by atoms with Gasteiger partial charge in [-0.25, -0.2) is 0 Å². The molecule has 2 aliphatic heterocycles. The molecule has 2 saturated heterocycles. The van der Waals surface area contributed by atoms with E-state index in [1.54, 1.807) is 0 Å². The van der Waals surface area contributed by atoms with E-state index in [0.29, 0.717) is 0 Å². The Labute approximate surface area is 81.0 Å². The van der Waals surface area contributed by atoms with Gasteiger partial charge in [-0.1, -0.05) is 6.08 Å². The van der Waals surface area contributed by atoms with E-state index in [1.165, 1.54) is 45.6 Å². The number of hydrogen-bond donors (Lipinski definition) is 1. The van der Waals surface area contributed by atoms with Gasteiger partial charge in [-0.15, -0.1) is 6.58 Å². The van der Waals surface area contributed by atoms with Crippen molar-refractivity contribution in [3.8, 4) is 0 Å². The first-order valence-electron chi connectivity index (χ1n) is 5.44. The van der Waals surface area contributed by atoms with Crippen molar-refractivity contribution in [1.29, 1.82) is 0 Å². The number of hydrogen-bond acceptors (Lipinski definition) is 2. The van der Waals surface area contributed by atoms with Crippen molar-refractivity contribution < 1.29 is 0 Å². The van der Waals surface area contributed by atoms with E-state index in [2.05, 4.69) is 16.8 Å². The normalized spacial score (nSPS) is 33.5. The fourth-order valence-electron chi connectivity index (χ4n) is 2.59. The average Bonchev–Trinajstić information content (AvgIpc) is 2.64. The summed E-state index contributed by atoms with van der Waals surface area (Å²) in [5.41, 5.74) is 0. The molecule has 2 aliphatic rings. The molecule has 0 bridgehead atoms. The molecular weight excluding hydrogens is 160 g/mol. The molecule has 2 atom stereocenters. The van der Waals surface area contributed by atoms with Crippen LogP contribution in [0.4, 0.5) is 0 Å². The zero-order valence-corrected chi connectivity index (χ0v) is 8.34. The number of nitrogens with zero attached hydrogens (tertiary/aromatic N) is 1. The number of unbranched alkanes of at least 4 members (excludes halogenated alkanes) is 1. The van der Waals surface area contributed by atoms with Crippen molar-refractivity contribution in [2.24, 2.45) is 11.8 Å². The third kappa shape index (κ3) is 2.12.